The van der Waals surface area contributed by atoms with Crippen LogP contribution in [0.25, 0.3) is 0 Å². The van der Waals surface area contributed by atoms with Gasteiger partial charge in [0.2, 0.25) is 11.7 Å². The molecule has 0 aromatic carbocycles. The molecule has 2 aliphatic rings. The first kappa shape index (κ1) is 13.0. The zero-order chi connectivity index (χ0) is 13.1. The lowest BCUT2D eigenvalue weighted by molar-refractivity contribution is -0.0264. The maximum Gasteiger partial charge on any atom is 0.229 e. The number of hydrogen-bond donors (Lipinski definition) is 1. The van der Waals surface area contributed by atoms with Crippen molar-refractivity contribution in [3.05, 3.63) is 11.7 Å². The van der Waals surface area contributed by atoms with E-state index in [0.717, 1.165) is 32.8 Å². The van der Waals surface area contributed by atoms with Gasteiger partial charge in [0.25, 0.3) is 0 Å². The third kappa shape index (κ3) is 3.30. The van der Waals surface area contributed by atoms with E-state index < -0.39 is 0 Å². The monoisotopic (exact) mass is 268 g/mol. The summed E-state index contributed by atoms with van der Waals surface area (Å²) in [6.07, 6.45) is 0.696. The minimum absolute atomic E-state index is 0.0818. The molecule has 106 valence electrons. The molecule has 0 amide bonds. The zero-order valence-corrected chi connectivity index (χ0v) is 11.2. The summed E-state index contributed by atoms with van der Waals surface area (Å²) in [6.45, 7) is 4.94. The highest BCUT2D eigenvalue weighted by Gasteiger charge is 2.25. The Bertz CT molecular complexity index is 405. The van der Waals surface area contributed by atoms with Crippen molar-refractivity contribution < 1.29 is 14.0 Å². The Morgan fingerprint density at radius 3 is 3.11 bits per heavy atom. The maximum absolute atomic E-state index is 5.67. The van der Waals surface area contributed by atoms with Gasteiger partial charge in [0, 0.05) is 26.2 Å². The molecule has 2 aliphatic heterocycles. The fourth-order valence-corrected chi connectivity index (χ4v) is 2.36. The fourth-order valence-electron chi connectivity index (χ4n) is 2.36. The Balaban J connectivity index is 1.59. The van der Waals surface area contributed by atoms with E-state index in [0.29, 0.717) is 24.7 Å². The molecule has 3 heterocycles. The quantitative estimate of drug-likeness (QED) is 0.800. The molecule has 1 aromatic heterocycles. The highest BCUT2D eigenvalue weighted by molar-refractivity contribution is 4.95. The third-order valence-electron chi connectivity index (χ3n) is 3.45. The predicted octanol–water partition coefficient (Wildman–Crippen LogP) is -0.396. The molecule has 2 atom stereocenters. The molecule has 0 saturated carbocycles. The average Bonchev–Trinajstić information content (AvgIpc) is 2.88. The number of morpholine rings is 2. The summed E-state index contributed by atoms with van der Waals surface area (Å²) in [4.78, 5) is 6.63. The van der Waals surface area contributed by atoms with E-state index in [9.17, 15) is 0 Å². The Labute approximate surface area is 112 Å². The summed E-state index contributed by atoms with van der Waals surface area (Å²) in [5.74, 6) is 1.27. The minimum Gasteiger partial charge on any atom is -0.375 e. The van der Waals surface area contributed by atoms with Crippen LogP contribution in [0.1, 0.15) is 17.8 Å². The Hall–Kier alpha value is -1.02. The SMILES string of the molecule is CN1CCOC(c2noc(CC3CNCCO3)n2)C1. The summed E-state index contributed by atoms with van der Waals surface area (Å²) in [6, 6.07) is 0. The molecule has 1 aromatic rings. The van der Waals surface area contributed by atoms with Crippen molar-refractivity contribution in [3.63, 3.8) is 0 Å². The number of hydrogen-bond acceptors (Lipinski definition) is 7. The minimum atomic E-state index is -0.0818. The topological polar surface area (TPSA) is 72.7 Å². The molecule has 7 heteroatoms. The van der Waals surface area contributed by atoms with Gasteiger partial charge in [-0.3, -0.25) is 0 Å². The zero-order valence-electron chi connectivity index (χ0n) is 11.2. The standard InChI is InChI=1S/C12H20N4O3/c1-16-3-5-18-10(8-16)12-14-11(19-15-12)6-9-7-13-2-4-17-9/h9-10,13H,2-8H2,1H3. The molecule has 0 radical (unpaired) electrons. The number of ether oxygens (including phenoxy) is 2. The Morgan fingerprint density at radius 1 is 1.37 bits per heavy atom. The van der Waals surface area contributed by atoms with Crippen LogP contribution in [0, 0.1) is 0 Å². The molecule has 2 saturated heterocycles. The van der Waals surface area contributed by atoms with Crippen molar-refractivity contribution in [1.29, 1.82) is 0 Å². The summed E-state index contributed by atoms with van der Waals surface area (Å²) >= 11 is 0. The van der Waals surface area contributed by atoms with Crippen LogP contribution < -0.4 is 5.32 Å². The van der Waals surface area contributed by atoms with Crippen molar-refractivity contribution >= 4 is 0 Å². The summed E-state index contributed by atoms with van der Waals surface area (Å²) in [5, 5.41) is 7.31. The van der Waals surface area contributed by atoms with Crippen LogP contribution in [-0.2, 0) is 15.9 Å². The lowest BCUT2D eigenvalue weighted by Crippen LogP contribution is -2.39. The molecule has 1 N–H and O–H groups in total. The maximum atomic E-state index is 5.67. The first-order valence-electron chi connectivity index (χ1n) is 6.76. The predicted molar refractivity (Wildman–Crippen MR) is 66.8 cm³/mol. The molecule has 2 unspecified atom stereocenters. The second-order valence-corrected chi connectivity index (χ2v) is 5.07. The van der Waals surface area contributed by atoms with Crippen LogP contribution in [0.3, 0.4) is 0 Å². The van der Waals surface area contributed by atoms with Gasteiger partial charge in [-0.25, -0.2) is 0 Å². The molecule has 7 nitrogen and oxygen atoms in total. The molecule has 0 spiro atoms. The van der Waals surface area contributed by atoms with Gasteiger partial charge in [-0.05, 0) is 7.05 Å². The van der Waals surface area contributed by atoms with Gasteiger partial charge < -0.3 is 24.2 Å². The van der Waals surface area contributed by atoms with Gasteiger partial charge in [-0.2, -0.15) is 4.98 Å². The lowest BCUT2D eigenvalue weighted by Gasteiger charge is -2.27. The third-order valence-corrected chi connectivity index (χ3v) is 3.45. The van der Waals surface area contributed by atoms with Gasteiger partial charge in [0.15, 0.2) is 0 Å². The van der Waals surface area contributed by atoms with Crippen molar-refractivity contribution in [2.45, 2.75) is 18.6 Å². The van der Waals surface area contributed by atoms with Gasteiger partial charge in [0.1, 0.15) is 6.10 Å². The average molecular weight is 268 g/mol. The smallest absolute Gasteiger partial charge is 0.229 e. The number of aromatic nitrogens is 2. The molecule has 0 aliphatic carbocycles. The van der Waals surface area contributed by atoms with Gasteiger partial charge in [-0.15, -0.1) is 0 Å². The van der Waals surface area contributed by atoms with Crippen molar-refractivity contribution in [1.82, 2.24) is 20.4 Å². The van der Waals surface area contributed by atoms with Crippen LogP contribution in [0.5, 0.6) is 0 Å². The van der Waals surface area contributed by atoms with Gasteiger partial charge >= 0.3 is 0 Å². The van der Waals surface area contributed by atoms with Gasteiger partial charge in [0.05, 0.1) is 25.7 Å². The molecular formula is C12H20N4O3. The number of nitrogens with zero attached hydrogens (tertiary/aromatic N) is 3. The number of rotatable bonds is 3. The van der Waals surface area contributed by atoms with E-state index >= 15 is 0 Å². The summed E-state index contributed by atoms with van der Waals surface area (Å²) < 4.78 is 16.6. The van der Waals surface area contributed by atoms with Crippen LogP contribution >= 0.6 is 0 Å². The molecular weight excluding hydrogens is 248 g/mol. The highest BCUT2D eigenvalue weighted by atomic mass is 16.5. The second-order valence-electron chi connectivity index (χ2n) is 5.07. The normalized spacial score (nSPS) is 29.5. The van der Waals surface area contributed by atoms with E-state index in [4.69, 9.17) is 14.0 Å². The Morgan fingerprint density at radius 2 is 2.32 bits per heavy atom. The van der Waals surface area contributed by atoms with E-state index in [1.807, 2.05) is 0 Å². The molecule has 3 rings (SSSR count). The second kappa shape index (κ2) is 5.96. The first-order chi connectivity index (χ1) is 9.31. The van der Waals surface area contributed by atoms with E-state index in [2.05, 4.69) is 27.4 Å². The molecule has 2 fully saturated rings. The van der Waals surface area contributed by atoms with Crippen LogP contribution in [0.15, 0.2) is 4.52 Å². The van der Waals surface area contributed by atoms with Crippen molar-refractivity contribution in [3.8, 4) is 0 Å². The van der Waals surface area contributed by atoms with Crippen LogP contribution in [-0.4, -0.2) is 67.6 Å². The van der Waals surface area contributed by atoms with E-state index in [-0.39, 0.29) is 12.2 Å². The van der Waals surface area contributed by atoms with Crippen LogP contribution in [0.4, 0.5) is 0 Å². The van der Waals surface area contributed by atoms with Crippen molar-refractivity contribution in [2.24, 2.45) is 0 Å². The fraction of sp³-hybridized carbons (Fsp3) is 0.833. The van der Waals surface area contributed by atoms with E-state index in [1.165, 1.54) is 0 Å². The lowest BCUT2D eigenvalue weighted by atomic mass is 10.2. The number of likely N-dealkylation sites (N-methyl/N-ethyl adjacent to an activating group) is 1. The molecule has 0 bridgehead atoms. The molecule has 19 heavy (non-hydrogen) atoms. The highest BCUT2D eigenvalue weighted by Crippen LogP contribution is 2.19. The summed E-state index contributed by atoms with van der Waals surface area (Å²) in [7, 11) is 2.07. The van der Waals surface area contributed by atoms with Crippen LogP contribution in [0.2, 0.25) is 0 Å². The Kier molecular flexibility index (Phi) is 4.07. The van der Waals surface area contributed by atoms with Crippen molar-refractivity contribution in [2.75, 3.05) is 46.4 Å². The largest absolute Gasteiger partial charge is 0.375 e. The number of nitrogens with one attached hydrogen (secondary N) is 1. The summed E-state index contributed by atoms with van der Waals surface area (Å²) in [5.41, 5.74) is 0. The first-order valence-corrected chi connectivity index (χ1v) is 6.76. The van der Waals surface area contributed by atoms with Gasteiger partial charge in [-0.1, -0.05) is 5.16 Å². The van der Waals surface area contributed by atoms with E-state index in [1.54, 1.807) is 0 Å².